The number of ether oxygens (including phenoxy) is 1. The van der Waals surface area contributed by atoms with Gasteiger partial charge in [-0.25, -0.2) is 0 Å². The zero-order chi connectivity index (χ0) is 22.4. The van der Waals surface area contributed by atoms with Crippen molar-refractivity contribution in [3.8, 4) is 16.2 Å². The summed E-state index contributed by atoms with van der Waals surface area (Å²) in [5, 5.41) is 31.8. The highest BCUT2D eigenvalue weighted by atomic mass is 32.1. The molecule has 1 aromatic heterocycles. The van der Waals surface area contributed by atoms with Crippen molar-refractivity contribution in [3.05, 3.63) is 75.7 Å². The van der Waals surface area contributed by atoms with Crippen molar-refractivity contribution in [2.45, 2.75) is 65.5 Å². The Kier molecular flexibility index (Phi) is 7.89. The summed E-state index contributed by atoms with van der Waals surface area (Å²) in [6.07, 6.45) is 2.30. The summed E-state index contributed by atoms with van der Waals surface area (Å²) < 4.78 is 5.91. The highest BCUT2D eigenvalue weighted by Gasteiger charge is 2.25. The van der Waals surface area contributed by atoms with E-state index in [1.165, 1.54) is 16.0 Å². The molecule has 31 heavy (non-hydrogen) atoms. The lowest BCUT2D eigenvalue weighted by Crippen LogP contribution is -2.23. The molecule has 3 rings (SSSR count). The fourth-order valence-electron chi connectivity index (χ4n) is 3.83. The van der Waals surface area contributed by atoms with Gasteiger partial charge in [0.05, 0.1) is 18.8 Å². The molecule has 0 unspecified atom stereocenters. The smallest absolute Gasteiger partial charge is 0.120 e. The third-order valence-electron chi connectivity index (χ3n) is 6.04. The number of rotatable bonds is 10. The largest absolute Gasteiger partial charge is 0.489 e. The van der Waals surface area contributed by atoms with Crippen LogP contribution < -0.4 is 4.74 Å². The molecule has 0 radical (unpaired) electrons. The maximum Gasteiger partial charge on any atom is 0.120 e. The molecule has 5 heteroatoms. The molecule has 0 bridgehead atoms. The molecule has 0 aliphatic heterocycles. The van der Waals surface area contributed by atoms with Gasteiger partial charge < -0.3 is 20.1 Å². The van der Waals surface area contributed by atoms with Gasteiger partial charge in [0, 0.05) is 10.4 Å². The summed E-state index contributed by atoms with van der Waals surface area (Å²) >= 11 is 1.69. The Morgan fingerprint density at radius 3 is 2.26 bits per heavy atom. The summed E-state index contributed by atoms with van der Waals surface area (Å²) in [6, 6.07) is 13.8. The molecule has 166 valence electrons. The minimum atomic E-state index is -0.768. The van der Waals surface area contributed by atoms with Crippen molar-refractivity contribution >= 4 is 11.3 Å². The summed E-state index contributed by atoms with van der Waals surface area (Å²) in [5.74, 6) is 0.672. The zero-order valence-corrected chi connectivity index (χ0v) is 19.3. The van der Waals surface area contributed by atoms with Gasteiger partial charge >= 0.3 is 0 Å². The maximum atomic E-state index is 10.9. The topological polar surface area (TPSA) is 69.9 Å². The molecule has 3 aromatic rings. The van der Waals surface area contributed by atoms with Gasteiger partial charge in [0.2, 0.25) is 0 Å². The monoisotopic (exact) mass is 440 g/mol. The van der Waals surface area contributed by atoms with Crippen LogP contribution in [0.2, 0.25) is 0 Å². The molecule has 0 fully saturated rings. The van der Waals surface area contributed by atoms with Crippen LogP contribution in [0, 0.1) is 0 Å². The second kappa shape index (κ2) is 10.4. The van der Waals surface area contributed by atoms with Gasteiger partial charge in [0.15, 0.2) is 0 Å². The van der Waals surface area contributed by atoms with Crippen LogP contribution in [0.15, 0.2) is 47.8 Å². The average Bonchev–Trinajstić information content (AvgIpc) is 3.30. The summed E-state index contributed by atoms with van der Waals surface area (Å²) in [6.45, 7) is 6.40. The highest BCUT2D eigenvalue weighted by Crippen LogP contribution is 2.35. The molecule has 0 spiro atoms. The molecule has 0 aliphatic carbocycles. The second-order valence-electron chi connectivity index (χ2n) is 7.82. The van der Waals surface area contributed by atoms with E-state index in [2.05, 4.69) is 36.6 Å². The molecule has 0 saturated carbocycles. The number of aryl methyl sites for hydroxylation is 1. The van der Waals surface area contributed by atoms with Crippen LogP contribution >= 0.6 is 11.3 Å². The van der Waals surface area contributed by atoms with Crippen LogP contribution in [0.3, 0.4) is 0 Å². The third kappa shape index (κ3) is 5.18. The normalized spacial score (nSPS) is 11.7. The minimum absolute atomic E-state index is 0.101. The van der Waals surface area contributed by atoms with Crippen molar-refractivity contribution in [2.24, 2.45) is 0 Å². The van der Waals surface area contributed by atoms with E-state index in [-0.39, 0.29) is 13.2 Å². The second-order valence-corrected chi connectivity index (χ2v) is 8.73. The molecule has 4 nitrogen and oxygen atoms in total. The predicted octanol–water partition coefficient (Wildman–Crippen LogP) is 5.55. The standard InChI is InChI=1S/C26H32O4S/c1-4-19-12-22(26(29,5-2)6-3)8-10-24(19)25-11-18(17-31-25)16-30-23-9-7-20(14-27)21(13-23)15-28/h7-13,17,27-29H,4-6,14-16H2,1-3H3. The first-order valence-corrected chi connectivity index (χ1v) is 11.8. The van der Waals surface area contributed by atoms with Crippen LogP contribution in [0.4, 0.5) is 0 Å². The van der Waals surface area contributed by atoms with Crippen molar-refractivity contribution in [1.29, 1.82) is 0 Å². The van der Waals surface area contributed by atoms with Crippen molar-refractivity contribution < 1.29 is 20.1 Å². The number of aliphatic hydroxyl groups excluding tert-OH is 2. The Hall–Kier alpha value is -2.18. The van der Waals surface area contributed by atoms with Gasteiger partial charge in [0.25, 0.3) is 0 Å². The lowest BCUT2D eigenvalue weighted by Gasteiger charge is -2.27. The Balaban J connectivity index is 1.77. The molecule has 3 N–H and O–H groups in total. The van der Waals surface area contributed by atoms with E-state index < -0.39 is 5.60 Å². The van der Waals surface area contributed by atoms with Crippen LogP contribution in [-0.4, -0.2) is 15.3 Å². The van der Waals surface area contributed by atoms with Crippen molar-refractivity contribution in [2.75, 3.05) is 0 Å². The molecular formula is C26H32O4S. The number of hydrogen-bond acceptors (Lipinski definition) is 5. The Labute approximate surface area is 188 Å². The lowest BCUT2D eigenvalue weighted by atomic mass is 9.86. The van der Waals surface area contributed by atoms with Crippen LogP contribution in [0.5, 0.6) is 5.75 Å². The lowest BCUT2D eigenvalue weighted by molar-refractivity contribution is 0.0283. The number of hydrogen-bond donors (Lipinski definition) is 3. The van der Waals surface area contributed by atoms with Gasteiger partial charge in [-0.2, -0.15) is 0 Å². The third-order valence-corrected chi connectivity index (χ3v) is 7.05. The van der Waals surface area contributed by atoms with E-state index in [4.69, 9.17) is 4.74 Å². The van der Waals surface area contributed by atoms with E-state index in [1.54, 1.807) is 23.5 Å². The quantitative estimate of drug-likeness (QED) is 0.387. The first kappa shape index (κ1) is 23.5. The van der Waals surface area contributed by atoms with E-state index in [1.807, 2.05) is 19.9 Å². The molecule has 0 saturated heterocycles. The first-order valence-electron chi connectivity index (χ1n) is 10.9. The summed E-state index contributed by atoms with van der Waals surface area (Å²) in [5.41, 5.74) is 5.13. The highest BCUT2D eigenvalue weighted by molar-refractivity contribution is 7.13. The van der Waals surface area contributed by atoms with E-state index in [0.29, 0.717) is 36.3 Å². The first-order chi connectivity index (χ1) is 15.0. The van der Waals surface area contributed by atoms with Crippen LogP contribution in [0.25, 0.3) is 10.4 Å². The molecule has 0 atom stereocenters. The fourth-order valence-corrected chi connectivity index (χ4v) is 4.79. The van der Waals surface area contributed by atoms with Gasteiger partial charge in [0.1, 0.15) is 12.4 Å². The number of benzene rings is 2. The van der Waals surface area contributed by atoms with Crippen LogP contribution in [0.1, 0.15) is 61.4 Å². The number of aliphatic hydroxyl groups is 3. The minimum Gasteiger partial charge on any atom is -0.489 e. The fraction of sp³-hybridized carbons (Fsp3) is 0.385. The van der Waals surface area contributed by atoms with Crippen molar-refractivity contribution in [3.63, 3.8) is 0 Å². The Morgan fingerprint density at radius 2 is 1.61 bits per heavy atom. The SMILES string of the molecule is CCc1cc(C(O)(CC)CC)ccc1-c1cc(COc2ccc(CO)c(CO)c2)cs1. The van der Waals surface area contributed by atoms with Crippen LogP contribution in [-0.2, 0) is 31.8 Å². The van der Waals surface area contributed by atoms with Crippen molar-refractivity contribution in [1.82, 2.24) is 0 Å². The molecular weight excluding hydrogens is 408 g/mol. The Bertz CT molecular complexity index is 1000. The van der Waals surface area contributed by atoms with E-state index >= 15 is 0 Å². The van der Waals surface area contributed by atoms with Gasteiger partial charge in [-0.1, -0.05) is 45.0 Å². The van der Waals surface area contributed by atoms with E-state index in [9.17, 15) is 15.3 Å². The molecule has 2 aromatic carbocycles. The summed E-state index contributed by atoms with van der Waals surface area (Å²) in [7, 11) is 0. The molecule has 1 heterocycles. The molecule has 0 aliphatic rings. The van der Waals surface area contributed by atoms with Gasteiger partial charge in [-0.15, -0.1) is 11.3 Å². The zero-order valence-electron chi connectivity index (χ0n) is 18.5. The maximum absolute atomic E-state index is 10.9. The number of thiophene rings is 1. The Morgan fingerprint density at radius 1 is 0.871 bits per heavy atom. The summed E-state index contributed by atoms with van der Waals surface area (Å²) in [4.78, 5) is 1.19. The average molecular weight is 441 g/mol. The molecule has 0 amide bonds. The van der Waals surface area contributed by atoms with E-state index in [0.717, 1.165) is 17.5 Å². The van der Waals surface area contributed by atoms with Gasteiger partial charge in [-0.05, 0) is 70.7 Å². The van der Waals surface area contributed by atoms with Gasteiger partial charge in [-0.3, -0.25) is 0 Å². The predicted molar refractivity (Wildman–Crippen MR) is 126 cm³/mol.